The molecular formula is C15H15N3O4S3. The summed E-state index contributed by atoms with van der Waals surface area (Å²) < 4.78 is 31.2. The van der Waals surface area contributed by atoms with E-state index in [1.54, 1.807) is 24.5 Å². The SMILES string of the molecule is CNS(=O)(=O)c1ccc(CNC(=O)c2nc(-c3ccco3)sc2C)s1. The van der Waals surface area contributed by atoms with Crippen LogP contribution in [0, 0.1) is 6.92 Å². The molecule has 3 aromatic rings. The molecule has 3 aromatic heterocycles. The standard InChI is InChI=1S/C15H15N3O4S3/c1-9-13(18-15(23-9)11-4-3-7-22-11)14(19)17-8-10-5-6-12(24-10)25(20,21)16-2/h3-7,16H,8H2,1-2H3,(H,17,19). The van der Waals surface area contributed by atoms with Gasteiger partial charge >= 0.3 is 0 Å². The van der Waals surface area contributed by atoms with Gasteiger partial charge in [0.1, 0.15) is 9.90 Å². The second kappa shape index (κ2) is 7.08. The Hall–Kier alpha value is -2.01. The van der Waals surface area contributed by atoms with Crippen molar-refractivity contribution in [1.82, 2.24) is 15.0 Å². The van der Waals surface area contributed by atoms with Crippen molar-refractivity contribution < 1.29 is 17.6 Å². The number of amides is 1. The summed E-state index contributed by atoms with van der Waals surface area (Å²) in [6.45, 7) is 2.05. The molecule has 0 fully saturated rings. The molecule has 0 atom stereocenters. The number of carbonyl (C=O) groups is 1. The summed E-state index contributed by atoms with van der Waals surface area (Å²) in [6, 6.07) is 6.74. The molecule has 0 saturated heterocycles. The molecule has 7 nitrogen and oxygen atoms in total. The van der Waals surface area contributed by atoms with Crippen molar-refractivity contribution in [3.63, 3.8) is 0 Å². The lowest BCUT2D eigenvalue weighted by atomic mass is 10.3. The first-order chi connectivity index (χ1) is 11.9. The van der Waals surface area contributed by atoms with Crippen molar-refractivity contribution in [3.8, 4) is 10.8 Å². The Morgan fingerprint density at radius 1 is 1.28 bits per heavy atom. The van der Waals surface area contributed by atoms with Gasteiger partial charge in [-0.15, -0.1) is 22.7 Å². The molecule has 3 heterocycles. The average molecular weight is 398 g/mol. The number of hydrogen-bond donors (Lipinski definition) is 2. The number of hydrogen-bond acceptors (Lipinski definition) is 7. The van der Waals surface area contributed by atoms with Crippen molar-refractivity contribution in [2.75, 3.05) is 7.05 Å². The number of rotatable bonds is 6. The molecule has 2 N–H and O–H groups in total. The lowest BCUT2D eigenvalue weighted by molar-refractivity contribution is 0.0946. The summed E-state index contributed by atoms with van der Waals surface area (Å²) in [4.78, 5) is 18.2. The predicted molar refractivity (Wildman–Crippen MR) is 96.3 cm³/mol. The van der Waals surface area contributed by atoms with E-state index in [2.05, 4.69) is 15.0 Å². The van der Waals surface area contributed by atoms with Gasteiger partial charge in [-0.05, 0) is 38.2 Å². The summed E-state index contributed by atoms with van der Waals surface area (Å²) in [5, 5.41) is 3.41. The Morgan fingerprint density at radius 3 is 2.76 bits per heavy atom. The molecule has 0 aliphatic carbocycles. The van der Waals surface area contributed by atoms with Crippen LogP contribution in [0.25, 0.3) is 10.8 Å². The average Bonchev–Trinajstić information content (AvgIpc) is 3.32. The van der Waals surface area contributed by atoms with Crippen LogP contribution < -0.4 is 10.0 Å². The van der Waals surface area contributed by atoms with Crippen LogP contribution in [-0.4, -0.2) is 26.4 Å². The van der Waals surface area contributed by atoms with E-state index in [0.29, 0.717) is 16.5 Å². The Balaban J connectivity index is 1.69. The van der Waals surface area contributed by atoms with Crippen LogP contribution in [0.1, 0.15) is 20.2 Å². The highest BCUT2D eigenvalue weighted by molar-refractivity contribution is 7.91. The number of furan rings is 1. The smallest absolute Gasteiger partial charge is 0.271 e. The Kier molecular flexibility index (Phi) is 5.04. The molecule has 0 aliphatic heterocycles. The first-order valence-electron chi connectivity index (χ1n) is 7.22. The third-order valence-corrected chi connectivity index (χ3v) is 7.31. The zero-order chi connectivity index (χ0) is 18.0. The molecular weight excluding hydrogens is 382 g/mol. The topological polar surface area (TPSA) is 101 Å². The van der Waals surface area contributed by atoms with Gasteiger partial charge in [0.15, 0.2) is 10.8 Å². The number of thiophene rings is 1. The van der Waals surface area contributed by atoms with E-state index in [-0.39, 0.29) is 16.7 Å². The Morgan fingerprint density at radius 2 is 2.08 bits per heavy atom. The fourth-order valence-electron chi connectivity index (χ4n) is 2.06. The van der Waals surface area contributed by atoms with Gasteiger partial charge in [-0.3, -0.25) is 4.79 Å². The first kappa shape index (κ1) is 17.8. The molecule has 1 amide bonds. The molecule has 0 bridgehead atoms. The number of nitrogens with one attached hydrogen (secondary N) is 2. The van der Waals surface area contributed by atoms with Gasteiger partial charge < -0.3 is 9.73 Å². The summed E-state index contributed by atoms with van der Waals surface area (Å²) in [5.74, 6) is 0.310. The molecule has 0 aliphatic rings. The lowest BCUT2D eigenvalue weighted by Crippen LogP contribution is -2.23. The molecule has 0 saturated carbocycles. The maximum atomic E-state index is 12.4. The highest BCUT2D eigenvalue weighted by atomic mass is 32.2. The zero-order valence-corrected chi connectivity index (χ0v) is 15.8. The van der Waals surface area contributed by atoms with Crippen LogP contribution in [0.3, 0.4) is 0 Å². The van der Waals surface area contributed by atoms with Gasteiger partial charge in [0.2, 0.25) is 10.0 Å². The summed E-state index contributed by atoms with van der Waals surface area (Å²) in [5.41, 5.74) is 0.344. The molecule has 0 radical (unpaired) electrons. The summed E-state index contributed by atoms with van der Waals surface area (Å²) in [6.07, 6.45) is 1.55. The van der Waals surface area contributed by atoms with E-state index >= 15 is 0 Å². The van der Waals surface area contributed by atoms with E-state index in [1.165, 1.54) is 24.5 Å². The minimum Gasteiger partial charge on any atom is -0.462 e. The van der Waals surface area contributed by atoms with Crippen molar-refractivity contribution in [1.29, 1.82) is 0 Å². The van der Waals surface area contributed by atoms with Gasteiger partial charge in [-0.25, -0.2) is 18.1 Å². The molecule has 0 spiro atoms. The monoisotopic (exact) mass is 397 g/mol. The third kappa shape index (κ3) is 3.82. The van der Waals surface area contributed by atoms with Crippen molar-refractivity contribution in [3.05, 3.63) is 46.0 Å². The van der Waals surface area contributed by atoms with Gasteiger partial charge in [0, 0.05) is 9.75 Å². The van der Waals surface area contributed by atoms with Crippen LogP contribution in [0.15, 0.2) is 39.2 Å². The van der Waals surface area contributed by atoms with E-state index in [0.717, 1.165) is 21.1 Å². The minimum absolute atomic E-state index is 0.212. The maximum absolute atomic E-state index is 12.4. The van der Waals surface area contributed by atoms with E-state index < -0.39 is 10.0 Å². The third-order valence-electron chi connectivity index (χ3n) is 3.34. The van der Waals surface area contributed by atoms with Crippen LogP contribution in [-0.2, 0) is 16.6 Å². The molecule has 132 valence electrons. The quantitative estimate of drug-likeness (QED) is 0.666. The largest absolute Gasteiger partial charge is 0.462 e. The number of sulfonamides is 1. The number of aryl methyl sites for hydroxylation is 1. The van der Waals surface area contributed by atoms with Gasteiger partial charge in [0.05, 0.1) is 12.8 Å². The van der Waals surface area contributed by atoms with Crippen LogP contribution in [0.2, 0.25) is 0 Å². The predicted octanol–water partition coefficient (Wildman–Crippen LogP) is 2.61. The van der Waals surface area contributed by atoms with E-state index in [4.69, 9.17) is 4.42 Å². The molecule has 10 heteroatoms. The van der Waals surface area contributed by atoms with E-state index in [9.17, 15) is 13.2 Å². The second-order valence-corrected chi connectivity index (χ2v) is 9.50. The minimum atomic E-state index is -3.46. The highest BCUT2D eigenvalue weighted by Crippen LogP contribution is 2.28. The lowest BCUT2D eigenvalue weighted by Gasteiger charge is -2.02. The van der Waals surface area contributed by atoms with Crippen LogP contribution in [0.4, 0.5) is 0 Å². The summed E-state index contributed by atoms with van der Waals surface area (Å²) >= 11 is 2.49. The number of carbonyl (C=O) groups excluding carboxylic acids is 1. The van der Waals surface area contributed by atoms with E-state index in [1.807, 2.05) is 6.92 Å². The highest BCUT2D eigenvalue weighted by Gasteiger charge is 2.18. The fourth-order valence-corrected chi connectivity index (χ4v) is 5.07. The van der Waals surface area contributed by atoms with Gasteiger partial charge in [-0.2, -0.15) is 0 Å². The fraction of sp³-hybridized carbons (Fsp3) is 0.200. The van der Waals surface area contributed by atoms with Crippen LogP contribution in [0.5, 0.6) is 0 Å². The van der Waals surface area contributed by atoms with Gasteiger partial charge in [0.25, 0.3) is 5.91 Å². The van der Waals surface area contributed by atoms with Crippen molar-refractivity contribution >= 4 is 38.6 Å². The Labute approximate surface area is 152 Å². The molecule has 0 unspecified atom stereocenters. The molecule has 25 heavy (non-hydrogen) atoms. The normalized spacial score (nSPS) is 11.6. The summed E-state index contributed by atoms with van der Waals surface area (Å²) in [7, 11) is -2.10. The van der Waals surface area contributed by atoms with Crippen molar-refractivity contribution in [2.45, 2.75) is 17.7 Å². The second-order valence-electron chi connectivity index (χ2n) is 5.01. The van der Waals surface area contributed by atoms with Crippen molar-refractivity contribution in [2.24, 2.45) is 0 Å². The first-order valence-corrected chi connectivity index (χ1v) is 10.3. The molecule has 0 aromatic carbocycles. The van der Waals surface area contributed by atoms with Gasteiger partial charge in [-0.1, -0.05) is 0 Å². The number of thiazole rings is 1. The number of aromatic nitrogens is 1. The Bertz CT molecular complexity index is 987. The van der Waals surface area contributed by atoms with Crippen LogP contribution >= 0.6 is 22.7 Å². The number of nitrogens with zero attached hydrogens (tertiary/aromatic N) is 1. The maximum Gasteiger partial charge on any atom is 0.271 e. The molecule has 3 rings (SSSR count). The zero-order valence-electron chi connectivity index (χ0n) is 13.4.